The Balaban J connectivity index is 1.66. The summed E-state index contributed by atoms with van der Waals surface area (Å²) in [5, 5.41) is 3.13. The summed E-state index contributed by atoms with van der Waals surface area (Å²) in [7, 11) is 0. The van der Waals surface area contributed by atoms with E-state index in [1.807, 2.05) is 0 Å². The Morgan fingerprint density at radius 2 is 1.91 bits per heavy atom. The van der Waals surface area contributed by atoms with Crippen molar-refractivity contribution in [1.29, 1.82) is 0 Å². The van der Waals surface area contributed by atoms with Gasteiger partial charge in [0, 0.05) is 11.6 Å². The number of hydrogen-bond acceptors (Lipinski definition) is 4. The van der Waals surface area contributed by atoms with E-state index >= 15 is 0 Å². The highest BCUT2D eigenvalue weighted by Crippen LogP contribution is 2.54. The van der Waals surface area contributed by atoms with Crippen LogP contribution in [0.1, 0.15) is 71.1 Å². The predicted octanol–water partition coefficient (Wildman–Crippen LogP) is 2.28. The number of hydrogen-bond donors (Lipinski definition) is 2. The molecular weight excluding hydrogens is 292 g/mol. The van der Waals surface area contributed by atoms with Gasteiger partial charge in [-0.05, 0) is 57.8 Å². The van der Waals surface area contributed by atoms with E-state index in [1.165, 1.54) is 6.42 Å². The zero-order valence-corrected chi connectivity index (χ0v) is 14.2. The Morgan fingerprint density at radius 1 is 1.22 bits per heavy atom. The molecule has 4 saturated carbocycles. The van der Waals surface area contributed by atoms with E-state index in [9.17, 15) is 9.59 Å². The summed E-state index contributed by atoms with van der Waals surface area (Å²) in [5.41, 5.74) is 5.64. The van der Waals surface area contributed by atoms with Crippen LogP contribution in [0.2, 0.25) is 0 Å². The third-order valence-electron chi connectivity index (χ3n) is 6.36. The smallest absolute Gasteiger partial charge is 0.312 e. The van der Waals surface area contributed by atoms with Crippen LogP contribution in [0.3, 0.4) is 0 Å². The summed E-state index contributed by atoms with van der Waals surface area (Å²) in [5.74, 6) is -0.291. The molecule has 0 spiro atoms. The largest absolute Gasteiger partial charge is 0.465 e. The Kier molecular flexibility index (Phi) is 4.68. The van der Waals surface area contributed by atoms with Gasteiger partial charge in [0.15, 0.2) is 0 Å². The molecular formula is C18H30N2O3. The van der Waals surface area contributed by atoms with Crippen molar-refractivity contribution in [2.75, 3.05) is 6.61 Å². The molecule has 4 fully saturated rings. The van der Waals surface area contributed by atoms with Crippen LogP contribution in [0.5, 0.6) is 0 Å². The fourth-order valence-electron chi connectivity index (χ4n) is 4.30. The molecule has 0 aliphatic heterocycles. The lowest BCUT2D eigenvalue weighted by molar-refractivity contribution is -0.168. The van der Waals surface area contributed by atoms with Crippen molar-refractivity contribution in [3.8, 4) is 0 Å². The van der Waals surface area contributed by atoms with Gasteiger partial charge >= 0.3 is 5.97 Å². The third-order valence-corrected chi connectivity index (χ3v) is 6.36. The first-order valence-corrected chi connectivity index (χ1v) is 9.26. The number of fused-ring (bicyclic) bond motifs is 3. The number of unbranched alkanes of at least 4 members (excludes halogenated alkanes) is 1. The Labute approximate surface area is 138 Å². The maximum Gasteiger partial charge on any atom is 0.312 e. The van der Waals surface area contributed by atoms with Crippen LogP contribution in [0, 0.1) is 11.3 Å². The number of carbonyl (C=O) groups is 2. The van der Waals surface area contributed by atoms with E-state index in [4.69, 9.17) is 10.5 Å². The lowest BCUT2D eigenvalue weighted by atomic mass is 9.52. The molecule has 4 aliphatic carbocycles. The quantitative estimate of drug-likeness (QED) is 0.580. The summed E-state index contributed by atoms with van der Waals surface area (Å²) in [6.45, 7) is 2.57. The number of esters is 1. The van der Waals surface area contributed by atoms with E-state index in [0.717, 1.165) is 51.4 Å². The van der Waals surface area contributed by atoms with Crippen LogP contribution < -0.4 is 11.1 Å². The minimum Gasteiger partial charge on any atom is -0.465 e. The molecule has 4 aliphatic rings. The lowest BCUT2D eigenvalue weighted by Gasteiger charge is -2.54. The van der Waals surface area contributed by atoms with Gasteiger partial charge in [-0.1, -0.05) is 13.3 Å². The van der Waals surface area contributed by atoms with Crippen molar-refractivity contribution in [3.05, 3.63) is 0 Å². The second kappa shape index (κ2) is 6.42. The van der Waals surface area contributed by atoms with Gasteiger partial charge in [-0.15, -0.1) is 0 Å². The van der Waals surface area contributed by atoms with Crippen LogP contribution in [0.4, 0.5) is 0 Å². The monoisotopic (exact) mass is 322 g/mol. The number of nitrogens with one attached hydrogen (secondary N) is 1. The van der Waals surface area contributed by atoms with Crippen molar-refractivity contribution in [3.63, 3.8) is 0 Å². The Hall–Kier alpha value is -1.10. The van der Waals surface area contributed by atoms with E-state index < -0.39 is 11.0 Å². The van der Waals surface area contributed by atoms with Crippen LogP contribution in [-0.4, -0.2) is 30.1 Å². The molecule has 0 radical (unpaired) electrons. The summed E-state index contributed by atoms with van der Waals surface area (Å²) < 4.78 is 5.50. The first-order valence-electron chi connectivity index (χ1n) is 9.26. The van der Waals surface area contributed by atoms with Crippen LogP contribution in [-0.2, 0) is 14.3 Å². The maximum absolute atomic E-state index is 12.7. The molecule has 1 atom stereocenters. The van der Waals surface area contributed by atoms with Gasteiger partial charge in [-0.2, -0.15) is 0 Å². The van der Waals surface area contributed by atoms with Crippen LogP contribution >= 0.6 is 0 Å². The molecule has 2 bridgehead atoms. The molecule has 4 rings (SSSR count). The number of carbonyl (C=O) groups excluding carboxylic acids is 2. The zero-order chi connectivity index (χ0) is 16.5. The average molecular weight is 322 g/mol. The first kappa shape index (κ1) is 16.7. The van der Waals surface area contributed by atoms with Gasteiger partial charge in [0.1, 0.15) is 0 Å². The second-order valence-corrected chi connectivity index (χ2v) is 7.90. The number of ether oxygens (including phenoxy) is 1. The SMILES string of the molecule is CCCCOC(=O)C12CCC(N)(CC1)C(C(=O)NC1CCC1)C2. The maximum atomic E-state index is 12.7. The van der Waals surface area contributed by atoms with E-state index in [1.54, 1.807) is 0 Å². The fraction of sp³-hybridized carbons (Fsp3) is 0.889. The van der Waals surface area contributed by atoms with Crippen molar-refractivity contribution >= 4 is 11.9 Å². The molecule has 5 heteroatoms. The fourth-order valence-corrected chi connectivity index (χ4v) is 4.30. The minimum absolute atomic E-state index is 0.0577. The molecule has 0 heterocycles. The highest BCUT2D eigenvalue weighted by Gasteiger charge is 2.58. The summed E-state index contributed by atoms with van der Waals surface area (Å²) >= 11 is 0. The highest BCUT2D eigenvalue weighted by molar-refractivity contribution is 5.84. The third kappa shape index (κ3) is 3.12. The Morgan fingerprint density at radius 3 is 2.48 bits per heavy atom. The van der Waals surface area contributed by atoms with Crippen molar-refractivity contribution in [1.82, 2.24) is 5.32 Å². The molecule has 1 unspecified atom stereocenters. The summed E-state index contributed by atoms with van der Waals surface area (Å²) in [4.78, 5) is 25.3. The van der Waals surface area contributed by atoms with Crippen molar-refractivity contribution in [2.24, 2.45) is 17.1 Å². The van der Waals surface area contributed by atoms with Gasteiger partial charge in [-0.3, -0.25) is 9.59 Å². The molecule has 0 aromatic rings. The average Bonchev–Trinajstić information content (AvgIpc) is 2.51. The van der Waals surface area contributed by atoms with Gasteiger partial charge < -0.3 is 15.8 Å². The zero-order valence-electron chi connectivity index (χ0n) is 14.2. The van der Waals surface area contributed by atoms with E-state index in [-0.39, 0.29) is 17.8 Å². The summed E-state index contributed by atoms with van der Waals surface area (Å²) in [6, 6.07) is 0.319. The van der Waals surface area contributed by atoms with Crippen molar-refractivity contribution < 1.29 is 14.3 Å². The van der Waals surface area contributed by atoms with Gasteiger partial charge in [0.2, 0.25) is 5.91 Å². The normalized spacial score (nSPS) is 36.3. The van der Waals surface area contributed by atoms with Gasteiger partial charge in [-0.25, -0.2) is 0 Å². The van der Waals surface area contributed by atoms with E-state index in [2.05, 4.69) is 12.2 Å². The molecule has 1 amide bonds. The number of amides is 1. The van der Waals surface area contributed by atoms with Crippen LogP contribution in [0.15, 0.2) is 0 Å². The van der Waals surface area contributed by atoms with Crippen LogP contribution in [0.25, 0.3) is 0 Å². The molecule has 130 valence electrons. The van der Waals surface area contributed by atoms with Gasteiger partial charge in [0.05, 0.1) is 17.9 Å². The topological polar surface area (TPSA) is 81.4 Å². The molecule has 23 heavy (non-hydrogen) atoms. The second-order valence-electron chi connectivity index (χ2n) is 7.90. The number of rotatable bonds is 6. The number of nitrogens with two attached hydrogens (primary N) is 1. The summed E-state index contributed by atoms with van der Waals surface area (Å²) in [6.07, 6.45) is 8.83. The molecule has 5 nitrogen and oxygen atoms in total. The first-order chi connectivity index (χ1) is 11.0. The molecule has 0 saturated heterocycles. The highest BCUT2D eigenvalue weighted by atomic mass is 16.5. The standard InChI is InChI=1S/C18H30N2O3/c1-2-3-11-23-16(22)17-7-9-18(19,10-8-17)14(12-17)15(21)20-13-5-4-6-13/h13-14H,2-12,19H2,1H3,(H,20,21). The van der Waals surface area contributed by atoms with E-state index in [0.29, 0.717) is 19.1 Å². The molecule has 0 aromatic heterocycles. The predicted molar refractivity (Wildman–Crippen MR) is 87.6 cm³/mol. The Bertz CT molecular complexity index is 465. The lowest BCUT2D eigenvalue weighted by Crippen LogP contribution is -2.64. The van der Waals surface area contributed by atoms with Crippen molar-refractivity contribution in [2.45, 2.75) is 82.7 Å². The molecule has 0 aromatic carbocycles. The van der Waals surface area contributed by atoms with Gasteiger partial charge in [0.25, 0.3) is 0 Å². The minimum atomic E-state index is -0.476. The molecule has 3 N–H and O–H groups in total.